The number of ether oxygens (including phenoxy) is 3. The molecule has 1 aliphatic heterocycles. The van der Waals surface area contributed by atoms with E-state index in [1.165, 1.54) is 11.3 Å². The van der Waals surface area contributed by atoms with Gasteiger partial charge in [-0.15, -0.1) is 0 Å². The summed E-state index contributed by atoms with van der Waals surface area (Å²) in [6.07, 6.45) is 1.08. The Labute approximate surface area is 176 Å². The fraction of sp³-hybridized carbons (Fsp3) is 0.136. The molecule has 30 heavy (non-hydrogen) atoms. The Morgan fingerprint density at radius 1 is 1.13 bits per heavy atom. The molecule has 0 radical (unpaired) electrons. The summed E-state index contributed by atoms with van der Waals surface area (Å²) in [4.78, 5) is 22.3. The van der Waals surface area contributed by atoms with E-state index in [0.29, 0.717) is 22.9 Å². The van der Waals surface area contributed by atoms with E-state index in [1.54, 1.807) is 31.3 Å². The van der Waals surface area contributed by atoms with Crippen LogP contribution in [0.15, 0.2) is 60.8 Å². The number of aromatic nitrogens is 2. The summed E-state index contributed by atoms with van der Waals surface area (Å²) in [6, 6.07) is 16.6. The van der Waals surface area contributed by atoms with Crippen LogP contribution < -0.4 is 19.5 Å². The molecule has 4 aromatic rings. The van der Waals surface area contributed by atoms with E-state index < -0.39 is 6.10 Å². The molecule has 1 amide bonds. The third-order valence-corrected chi connectivity index (χ3v) is 5.62. The Morgan fingerprint density at radius 3 is 2.80 bits per heavy atom. The van der Waals surface area contributed by atoms with Crippen LogP contribution in [0.4, 0.5) is 5.69 Å². The number of amides is 1. The van der Waals surface area contributed by atoms with Gasteiger partial charge in [-0.1, -0.05) is 11.3 Å². The van der Waals surface area contributed by atoms with Gasteiger partial charge in [-0.25, -0.2) is 9.97 Å². The van der Waals surface area contributed by atoms with Crippen molar-refractivity contribution in [2.45, 2.75) is 13.0 Å². The van der Waals surface area contributed by atoms with Gasteiger partial charge in [0.1, 0.15) is 21.1 Å². The van der Waals surface area contributed by atoms with Gasteiger partial charge in [0.05, 0.1) is 0 Å². The highest BCUT2D eigenvalue weighted by Gasteiger charge is 2.18. The lowest BCUT2D eigenvalue weighted by Gasteiger charge is -2.15. The van der Waals surface area contributed by atoms with Crippen molar-refractivity contribution in [1.29, 1.82) is 0 Å². The molecule has 150 valence electrons. The van der Waals surface area contributed by atoms with Crippen LogP contribution in [0, 0.1) is 0 Å². The van der Waals surface area contributed by atoms with E-state index >= 15 is 0 Å². The number of hydrogen-bond acceptors (Lipinski definition) is 7. The van der Waals surface area contributed by atoms with Gasteiger partial charge >= 0.3 is 0 Å². The standard InChI is InChI=1S/C22H17N3O4S/c1-13(29-16-8-9-18-19(11-16)28-12-27-18)20(26)24-15-6-4-14(5-7-15)21-25-17-3-2-10-23-22(17)30-21/h2-11,13H,12H2,1H3,(H,24,26). The van der Waals surface area contributed by atoms with Crippen molar-refractivity contribution in [3.63, 3.8) is 0 Å². The van der Waals surface area contributed by atoms with Crippen molar-refractivity contribution in [2.75, 3.05) is 12.1 Å². The van der Waals surface area contributed by atoms with Crippen LogP contribution in [-0.2, 0) is 4.79 Å². The van der Waals surface area contributed by atoms with Gasteiger partial charge in [-0.05, 0) is 55.5 Å². The first-order chi connectivity index (χ1) is 14.7. The Hall–Kier alpha value is -3.65. The molecular formula is C22H17N3O4S. The lowest BCUT2D eigenvalue weighted by Crippen LogP contribution is -2.30. The molecule has 5 rings (SSSR count). The molecule has 0 bridgehead atoms. The molecule has 7 nitrogen and oxygen atoms in total. The second-order valence-corrected chi connectivity index (χ2v) is 7.67. The number of anilines is 1. The van der Waals surface area contributed by atoms with Crippen molar-refractivity contribution in [1.82, 2.24) is 9.97 Å². The predicted octanol–water partition coefficient (Wildman–Crippen LogP) is 4.49. The zero-order chi connectivity index (χ0) is 20.5. The summed E-state index contributed by atoms with van der Waals surface area (Å²) in [6.45, 7) is 1.89. The first-order valence-corrected chi connectivity index (χ1v) is 10.2. The minimum absolute atomic E-state index is 0.193. The molecule has 8 heteroatoms. The van der Waals surface area contributed by atoms with Crippen LogP contribution in [0.1, 0.15) is 6.92 Å². The van der Waals surface area contributed by atoms with Crippen LogP contribution in [0.3, 0.4) is 0 Å². The zero-order valence-corrected chi connectivity index (χ0v) is 16.8. The highest BCUT2D eigenvalue weighted by molar-refractivity contribution is 7.21. The van der Waals surface area contributed by atoms with Gasteiger partial charge in [-0.2, -0.15) is 0 Å². The molecular weight excluding hydrogens is 402 g/mol. The molecule has 1 aliphatic rings. The lowest BCUT2D eigenvalue weighted by molar-refractivity contribution is -0.122. The summed E-state index contributed by atoms with van der Waals surface area (Å²) >= 11 is 1.54. The number of rotatable bonds is 5. The van der Waals surface area contributed by atoms with Gasteiger partial charge in [0, 0.05) is 23.5 Å². The fourth-order valence-corrected chi connectivity index (χ4v) is 3.95. The molecule has 1 atom stereocenters. The number of pyridine rings is 1. The molecule has 0 aliphatic carbocycles. The van der Waals surface area contributed by atoms with Gasteiger partial charge in [-0.3, -0.25) is 4.79 Å². The van der Waals surface area contributed by atoms with E-state index in [0.717, 1.165) is 20.9 Å². The maximum absolute atomic E-state index is 12.5. The summed E-state index contributed by atoms with van der Waals surface area (Å²) in [7, 11) is 0. The number of nitrogens with one attached hydrogen (secondary N) is 1. The minimum atomic E-state index is -0.680. The molecule has 2 aromatic carbocycles. The molecule has 1 N–H and O–H groups in total. The average molecular weight is 419 g/mol. The Bertz CT molecular complexity index is 1190. The lowest BCUT2D eigenvalue weighted by atomic mass is 10.2. The van der Waals surface area contributed by atoms with Crippen LogP contribution in [0.2, 0.25) is 0 Å². The van der Waals surface area contributed by atoms with Crippen LogP contribution in [0.5, 0.6) is 17.2 Å². The van der Waals surface area contributed by atoms with Crippen molar-refractivity contribution >= 4 is 33.3 Å². The van der Waals surface area contributed by atoms with Crippen LogP contribution in [0.25, 0.3) is 20.9 Å². The third-order valence-electron chi connectivity index (χ3n) is 4.59. The Balaban J connectivity index is 1.24. The smallest absolute Gasteiger partial charge is 0.265 e. The zero-order valence-electron chi connectivity index (χ0n) is 16.0. The second-order valence-electron chi connectivity index (χ2n) is 6.69. The fourth-order valence-electron chi connectivity index (χ4n) is 3.04. The quantitative estimate of drug-likeness (QED) is 0.513. The monoisotopic (exact) mass is 419 g/mol. The normalized spacial score (nSPS) is 13.2. The molecule has 3 heterocycles. The highest BCUT2D eigenvalue weighted by atomic mass is 32.1. The molecule has 0 fully saturated rings. The summed E-state index contributed by atoms with van der Waals surface area (Å²) < 4.78 is 16.3. The average Bonchev–Trinajstić information content (AvgIpc) is 3.40. The van der Waals surface area contributed by atoms with E-state index in [-0.39, 0.29) is 12.7 Å². The van der Waals surface area contributed by atoms with Gasteiger partial charge in [0.15, 0.2) is 17.6 Å². The van der Waals surface area contributed by atoms with Crippen molar-refractivity contribution < 1.29 is 19.0 Å². The Kier molecular flexibility index (Phi) is 4.68. The largest absolute Gasteiger partial charge is 0.481 e. The Morgan fingerprint density at radius 2 is 1.97 bits per heavy atom. The molecule has 0 saturated carbocycles. The number of fused-ring (bicyclic) bond motifs is 2. The highest BCUT2D eigenvalue weighted by Crippen LogP contribution is 2.35. The van der Waals surface area contributed by atoms with E-state index in [1.807, 2.05) is 36.4 Å². The van der Waals surface area contributed by atoms with Gasteiger partial charge in [0.25, 0.3) is 5.91 Å². The van der Waals surface area contributed by atoms with Crippen molar-refractivity contribution in [2.24, 2.45) is 0 Å². The number of carbonyl (C=O) groups is 1. The van der Waals surface area contributed by atoms with Crippen molar-refractivity contribution in [3.8, 4) is 27.8 Å². The molecule has 2 aromatic heterocycles. The van der Waals surface area contributed by atoms with Gasteiger partial charge < -0.3 is 19.5 Å². The van der Waals surface area contributed by atoms with Crippen LogP contribution >= 0.6 is 11.3 Å². The van der Waals surface area contributed by atoms with Gasteiger partial charge in [0.2, 0.25) is 6.79 Å². The first-order valence-electron chi connectivity index (χ1n) is 9.35. The molecule has 0 saturated heterocycles. The van der Waals surface area contributed by atoms with E-state index in [4.69, 9.17) is 14.2 Å². The SMILES string of the molecule is CC(Oc1ccc2c(c1)OCO2)C(=O)Nc1ccc(-c2nc3cccnc3s2)cc1. The summed E-state index contributed by atoms with van der Waals surface area (Å²) in [5.74, 6) is 1.58. The molecule has 1 unspecified atom stereocenters. The number of nitrogens with zero attached hydrogens (tertiary/aromatic N) is 2. The van der Waals surface area contributed by atoms with Crippen molar-refractivity contribution in [3.05, 3.63) is 60.8 Å². The number of hydrogen-bond donors (Lipinski definition) is 1. The number of benzene rings is 2. The maximum atomic E-state index is 12.5. The second kappa shape index (κ2) is 7.64. The topological polar surface area (TPSA) is 82.6 Å². The third kappa shape index (κ3) is 3.65. The first kappa shape index (κ1) is 18.4. The summed E-state index contributed by atoms with van der Waals surface area (Å²) in [5, 5.41) is 3.76. The van der Waals surface area contributed by atoms with Crippen LogP contribution in [-0.4, -0.2) is 28.8 Å². The van der Waals surface area contributed by atoms with E-state index in [2.05, 4.69) is 15.3 Å². The summed E-state index contributed by atoms with van der Waals surface area (Å²) in [5.41, 5.74) is 2.54. The molecule has 0 spiro atoms. The maximum Gasteiger partial charge on any atom is 0.265 e. The number of carbonyl (C=O) groups excluding carboxylic acids is 1. The minimum Gasteiger partial charge on any atom is -0.481 e. The predicted molar refractivity (Wildman–Crippen MR) is 114 cm³/mol. The van der Waals surface area contributed by atoms with E-state index in [9.17, 15) is 4.79 Å². The number of thiazole rings is 1.